The number of carboxylic acids is 1. The first-order valence-electron chi connectivity index (χ1n) is 6.48. The quantitative estimate of drug-likeness (QED) is 0.826. The maximum Gasteiger partial charge on any atom is 0.328 e. The number of benzene rings is 1. The van der Waals surface area contributed by atoms with E-state index < -0.39 is 11.9 Å². The van der Waals surface area contributed by atoms with Crippen molar-refractivity contribution in [1.29, 1.82) is 0 Å². The highest BCUT2D eigenvalue weighted by molar-refractivity contribution is 6.02. The highest BCUT2D eigenvalue weighted by Gasteiger charge is 2.17. The van der Waals surface area contributed by atoms with Gasteiger partial charge in [0.15, 0.2) is 0 Å². The number of carbonyl (C=O) groups is 2. The number of hydrogen-bond donors (Lipinski definition) is 2. The van der Waals surface area contributed by atoms with Crippen LogP contribution in [0.4, 0.5) is 5.69 Å². The molecule has 1 heterocycles. The van der Waals surface area contributed by atoms with Gasteiger partial charge in [0, 0.05) is 19.2 Å². The molecule has 2 N–H and O–H groups in total. The van der Waals surface area contributed by atoms with Crippen molar-refractivity contribution < 1.29 is 14.7 Å². The molecular formula is C15H15N3O4. The fourth-order valence-corrected chi connectivity index (χ4v) is 2.02. The lowest BCUT2D eigenvalue weighted by atomic mass is 10.3. The summed E-state index contributed by atoms with van der Waals surface area (Å²) in [5, 5.41) is 10.9. The number of nitrogens with one attached hydrogen (secondary N) is 1. The highest BCUT2D eigenvalue weighted by Crippen LogP contribution is 2.13. The summed E-state index contributed by atoms with van der Waals surface area (Å²) >= 11 is 0. The molecule has 2 rings (SSSR count). The number of aliphatic carboxylic acids is 1. The largest absolute Gasteiger partial charge is 0.478 e. The molecule has 7 heteroatoms. The van der Waals surface area contributed by atoms with Crippen molar-refractivity contribution in [2.24, 2.45) is 7.05 Å². The van der Waals surface area contributed by atoms with E-state index in [-0.39, 0.29) is 11.2 Å². The molecule has 0 radical (unpaired) electrons. The molecule has 0 unspecified atom stereocenters. The Bertz CT molecular complexity index is 800. The smallest absolute Gasteiger partial charge is 0.328 e. The molecule has 0 spiro atoms. The molecule has 0 aliphatic carbocycles. The Morgan fingerprint density at radius 1 is 1.18 bits per heavy atom. The molecule has 2 aromatic rings. The molecule has 1 aromatic carbocycles. The summed E-state index contributed by atoms with van der Waals surface area (Å²) < 4.78 is 3.04. The van der Waals surface area contributed by atoms with Crippen LogP contribution in [0.15, 0.2) is 47.3 Å². The van der Waals surface area contributed by atoms with Gasteiger partial charge in [0.1, 0.15) is 5.69 Å². The minimum absolute atomic E-state index is 0.117. The minimum Gasteiger partial charge on any atom is -0.478 e. The predicted octanol–water partition coefficient (Wildman–Crippen LogP) is 1.06. The first-order chi connectivity index (χ1) is 10.4. The van der Waals surface area contributed by atoms with Gasteiger partial charge in [0.2, 0.25) is 5.91 Å². The number of carbonyl (C=O) groups excluding carboxylic acids is 1. The molecule has 1 amide bonds. The topological polar surface area (TPSA) is 93.3 Å². The summed E-state index contributed by atoms with van der Waals surface area (Å²) in [5.74, 6) is -1.91. The van der Waals surface area contributed by atoms with Crippen molar-refractivity contribution in [3.8, 4) is 5.69 Å². The molecule has 7 nitrogen and oxygen atoms in total. The third-order valence-corrected chi connectivity index (χ3v) is 3.18. The van der Waals surface area contributed by atoms with Crippen LogP contribution >= 0.6 is 0 Å². The summed E-state index contributed by atoms with van der Waals surface area (Å²) in [6.45, 7) is 1.69. The molecule has 0 aliphatic rings. The summed E-state index contributed by atoms with van der Waals surface area (Å²) in [5.41, 5.74) is 0.959. The van der Waals surface area contributed by atoms with Gasteiger partial charge in [-0.1, -0.05) is 18.2 Å². The standard InChI is InChI=1S/C15H15N3O4/c1-10-14(16-12(19)8-9-13(20)21)15(22)18(17(10)2)11-6-4-3-5-7-11/h3-9H,1-2H3,(H,16,19)(H,20,21). The van der Waals surface area contributed by atoms with Gasteiger partial charge in [-0.05, 0) is 19.1 Å². The van der Waals surface area contributed by atoms with Crippen LogP contribution < -0.4 is 10.9 Å². The number of rotatable bonds is 4. The Balaban J connectivity index is 2.41. The average molecular weight is 301 g/mol. The number of carboxylic acid groups (broad SMARTS) is 1. The highest BCUT2D eigenvalue weighted by atomic mass is 16.4. The second kappa shape index (κ2) is 6.13. The van der Waals surface area contributed by atoms with Gasteiger partial charge in [0.05, 0.1) is 11.4 Å². The average Bonchev–Trinajstić information content (AvgIpc) is 2.70. The van der Waals surface area contributed by atoms with Crippen molar-refractivity contribution >= 4 is 17.6 Å². The normalized spacial score (nSPS) is 10.8. The summed E-state index contributed by atoms with van der Waals surface area (Å²) in [4.78, 5) is 34.5. The second-order valence-electron chi connectivity index (χ2n) is 4.60. The van der Waals surface area contributed by atoms with Crippen molar-refractivity contribution in [1.82, 2.24) is 9.36 Å². The zero-order valence-corrected chi connectivity index (χ0v) is 12.1. The number of nitrogens with zero attached hydrogens (tertiary/aromatic N) is 2. The number of hydrogen-bond acceptors (Lipinski definition) is 3. The number of amides is 1. The van der Waals surface area contributed by atoms with Gasteiger partial charge in [-0.2, -0.15) is 0 Å². The number of para-hydroxylation sites is 1. The van der Waals surface area contributed by atoms with Gasteiger partial charge in [0.25, 0.3) is 5.56 Å². The van der Waals surface area contributed by atoms with Gasteiger partial charge in [-0.15, -0.1) is 0 Å². The zero-order valence-electron chi connectivity index (χ0n) is 12.1. The van der Waals surface area contributed by atoms with Gasteiger partial charge < -0.3 is 10.4 Å². The maximum atomic E-state index is 12.5. The van der Waals surface area contributed by atoms with Gasteiger partial charge >= 0.3 is 5.97 Å². The first-order valence-corrected chi connectivity index (χ1v) is 6.48. The van der Waals surface area contributed by atoms with Crippen molar-refractivity contribution in [3.63, 3.8) is 0 Å². The van der Waals surface area contributed by atoms with E-state index in [1.807, 2.05) is 6.07 Å². The van der Waals surface area contributed by atoms with Crippen LogP contribution in [0.3, 0.4) is 0 Å². The van der Waals surface area contributed by atoms with Gasteiger partial charge in [-0.3, -0.25) is 14.3 Å². The Morgan fingerprint density at radius 3 is 2.41 bits per heavy atom. The lowest BCUT2D eigenvalue weighted by Gasteiger charge is -2.07. The Kier molecular flexibility index (Phi) is 4.26. The van der Waals surface area contributed by atoms with E-state index in [1.165, 1.54) is 4.68 Å². The Hall–Kier alpha value is -3.09. The van der Waals surface area contributed by atoms with Crippen molar-refractivity contribution in [2.75, 3.05) is 5.32 Å². The molecule has 0 aliphatic heterocycles. The SMILES string of the molecule is Cc1c(NC(=O)C=CC(=O)O)c(=O)n(-c2ccccc2)n1C. The molecule has 0 bridgehead atoms. The predicted molar refractivity (Wildman–Crippen MR) is 81.2 cm³/mol. The lowest BCUT2D eigenvalue weighted by molar-refractivity contribution is -0.131. The van der Waals surface area contributed by atoms with Crippen LogP contribution in [0, 0.1) is 6.92 Å². The lowest BCUT2D eigenvalue weighted by Crippen LogP contribution is -2.22. The fraction of sp³-hybridized carbons (Fsp3) is 0.133. The molecule has 114 valence electrons. The first kappa shape index (κ1) is 15.3. The molecular weight excluding hydrogens is 286 g/mol. The second-order valence-corrected chi connectivity index (χ2v) is 4.60. The van der Waals surface area contributed by atoms with Crippen LogP contribution in [0.5, 0.6) is 0 Å². The van der Waals surface area contributed by atoms with Crippen LogP contribution in [0.1, 0.15) is 5.69 Å². The molecule has 1 aromatic heterocycles. The van der Waals surface area contributed by atoms with E-state index in [4.69, 9.17) is 5.11 Å². The monoisotopic (exact) mass is 301 g/mol. The number of anilines is 1. The fourth-order valence-electron chi connectivity index (χ4n) is 2.02. The minimum atomic E-state index is -1.23. The molecule has 0 saturated heterocycles. The third kappa shape index (κ3) is 2.98. The van der Waals surface area contributed by atoms with E-state index in [0.29, 0.717) is 17.5 Å². The van der Waals surface area contributed by atoms with E-state index >= 15 is 0 Å². The Morgan fingerprint density at radius 2 is 1.82 bits per heavy atom. The van der Waals surface area contributed by atoms with Crippen LogP contribution in [-0.4, -0.2) is 26.3 Å². The zero-order chi connectivity index (χ0) is 16.3. The van der Waals surface area contributed by atoms with Crippen molar-refractivity contribution in [2.45, 2.75) is 6.92 Å². The summed E-state index contributed by atoms with van der Waals surface area (Å²) in [6, 6.07) is 8.99. The summed E-state index contributed by atoms with van der Waals surface area (Å²) in [6.07, 6.45) is 1.57. The molecule has 0 atom stereocenters. The summed E-state index contributed by atoms with van der Waals surface area (Å²) in [7, 11) is 1.70. The Labute approximate surface area is 126 Å². The van der Waals surface area contributed by atoms with Crippen LogP contribution in [0.2, 0.25) is 0 Å². The molecule has 0 fully saturated rings. The van der Waals surface area contributed by atoms with Crippen molar-refractivity contribution in [3.05, 3.63) is 58.5 Å². The van der Waals surface area contributed by atoms with E-state index in [0.717, 1.165) is 6.08 Å². The molecule has 0 saturated carbocycles. The molecule has 22 heavy (non-hydrogen) atoms. The maximum absolute atomic E-state index is 12.5. The van der Waals surface area contributed by atoms with Crippen LogP contribution in [-0.2, 0) is 16.6 Å². The van der Waals surface area contributed by atoms with E-state index in [1.54, 1.807) is 42.9 Å². The third-order valence-electron chi connectivity index (χ3n) is 3.18. The van der Waals surface area contributed by atoms with E-state index in [9.17, 15) is 14.4 Å². The van der Waals surface area contributed by atoms with E-state index in [2.05, 4.69) is 5.32 Å². The van der Waals surface area contributed by atoms with Crippen LogP contribution in [0.25, 0.3) is 5.69 Å². The van der Waals surface area contributed by atoms with Gasteiger partial charge in [-0.25, -0.2) is 9.48 Å². The number of aromatic nitrogens is 2.